The number of carbonyl (C=O) groups excluding carboxylic acids is 2. The number of nitrogens with one attached hydrogen (secondary N) is 2. The molecule has 0 aliphatic heterocycles. The molecule has 18 heavy (non-hydrogen) atoms. The second kappa shape index (κ2) is 7.36. The summed E-state index contributed by atoms with van der Waals surface area (Å²) < 4.78 is 0. The maximum atomic E-state index is 11.9. The third-order valence-corrected chi connectivity index (χ3v) is 3.37. The van der Waals surface area contributed by atoms with E-state index in [9.17, 15) is 9.59 Å². The van der Waals surface area contributed by atoms with Crippen molar-refractivity contribution in [3.63, 3.8) is 0 Å². The van der Waals surface area contributed by atoms with Crippen LogP contribution in [0.1, 0.15) is 46.0 Å². The fourth-order valence-electron chi connectivity index (χ4n) is 2.27. The summed E-state index contributed by atoms with van der Waals surface area (Å²) in [7, 11) is 0. The second-order valence-electron chi connectivity index (χ2n) is 5.30. The lowest BCUT2D eigenvalue weighted by Gasteiger charge is -2.18. The number of hydrogen-bond donors (Lipinski definition) is 3. The molecule has 0 radical (unpaired) electrons. The molecule has 5 heteroatoms. The van der Waals surface area contributed by atoms with Gasteiger partial charge in [0, 0.05) is 31.0 Å². The third-order valence-electron chi connectivity index (χ3n) is 3.37. The van der Waals surface area contributed by atoms with Crippen LogP contribution in [0.4, 0.5) is 0 Å². The van der Waals surface area contributed by atoms with Crippen molar-refractivity contribution in [2.75, 3.05) is 6.54 Å². The predicted molar refractivity (Wildman–Crippen MR) is 70.8 cm³/mol. The van der Waals surface area contributed by atoms with Crippen LogP contribution in [0, 0.1) is 5.92 Å². The van der Waals surface area contributed by atoms with E-state index in [2.05, 4.69) is 10.6 Å². The van der Waals surface area contributed by atoms with E-state index in [1.165, 1.54) is 0 Å². The summed E-state index contributed by atoms with van der Waals surface area (Å²) in [6, 6.07) is -0.140. The van der Waals surface area contributed by atoms with E-state index in [0.717, 1.165) is 25.7 Å². The van der Waals surface area contributed by atoms with E-state index in [-0.39, 0.29) is 29.8 Å². The molecule has 0 heterocycles. The molecule has 5 nitrogen and oxygen atoms in total. The van der Waals surface area contributed by atoms with Gasteiger partial charge >= 0.3 is 0 Å². The van der Waals surface area contributed by atoms with Gasteiger partial charge in [-0.25, -0.2) is 0 Å². The van der Waals surface area contributed by atoms with Crippen molar-refractivity contribution in [3.05, 3.63) is 0 Å². The smallest absolute Gasteiger partial charge is 0.223 e. The van der Waals surface area contributed by atoms with Crippen molar-refractivity contribution in [1.29, 1.82) is 0 Å². The standard InChI is InChI=1S/C13H25N3O2/c1-9(7-12(17)15-10(2)8-14)16-13(18)11-5-3-4-6-11/h9-11H,3-8,14H2,1-2H3,(H,15,17)(H,16,18)/t9?,10-/m0/s1. The zero-order valence-electron chi connectivity index (χ0n) is 11.4. The van der Waals surface area contributed by atoms with Crippen LogP contribution in [0.25, 0.3) is 0 Å². The van der Waals surface area contributed by atoms with Gasteiger partial charge in [-0.2, -0.15) is 0 Å². The number of carbonyl (C=O) groups is 2. The van der Waals surface area contributed by atoms with E-state index < -0.39 is 0 Å². The molecule has 0 aromatic heterocycles. The van der Waals surface area contributed by atoms with Crippen LogP contribution in [0.3, 0.4) is 0 Å². The Hall–Kier alpha value is -1.10. The average molecular weight is 255 g/mol. The summed E-state index contributed by atoms with van der Waals surface area (Å²) in [5.41, 5.74) is 5.43. The quantitative estimate of drug-likeness (QED) is 0.647. The lowest BCUT2D eigenvalue weighted by atomic mass is 10.1. The van der Waals surface area contributed by atoms with Gasteiger partial charge in [-0.3, -0.25) is 9.59 Å². The van der Waals surface area contributed by atoms with Crippen LogP contribution >= 0.6 is 0 Å². The molecule has 4 N–H and O–H groups in total. The zero-order valence-corrected chi connectivity index (χ0v) is 11.4. The fourth-order valence-corrected chi connectivity index (χ4v) is 2.27. The molecule has 1 rings (SSSR count). The van der Waals surface area contributed by atoms with Crippen LogP contribution in [-0.4, -0.2) is 30.4 Å². The molecule has 104 valence electrons. The van der Waals surface area contributed by atoms with Crippen LogP contribution in [0.2, 0.25) is 0 Å². The first-order valence-corrected chi connectivity index (χ1v) is 6.82. The Bertz CT molecular complexity index is 288. The summed E-state index contributed by atoms with van der Waals surface area (Å²) in [5, 5.41) is 5.70. The van der Waals surface area contributed by atoms with Gasteiger partial charge in [-0.1, -0.05) is 12.8 Å². The number of hydrogen-bond acceptors (Lipinski definition) is 3. The maximum absolute atomic E-state index is 11.9. The van der Waals surface area contributed by atoms with Gasteiger partial charge in [0.25, 0.3) is 0 Å². The van der Waals surface area contributed by atoms with Crippen LogP contribution in [0.5, 0.6) is 0 Å². The van der Waals surface area contributed by atoms with Crippen LogP contribution < -0.4 is 16.4 Å². The minimum absolute atomic E-state index is 0.0183. The fraction of sp³-hybridized carbons (Fsp3) is 0.846. The second-order valence-corrected chi connectivity index (χ2v) is 5.30. The van der Waals surface area contributed by atoms with Gasteiger partial charge in [0.1, 0.15) is 0 Å². The van der Waals surface area contributed by atoms with Crippen molar-refractivity contribution < 1.29 is 9.59 Å². The largest absolute Gasteiger partial charge is 0.353 e. The maximum Gasteiger partial charge on any atom is 0.223 e. The molecule has 0 aromatic rings. The molecular formula is C13H25N3O2. The van der Waals surface area contributed by atoms with E-state index >= 15 is 0 Å². The zero-order chi connectivity index (χ0) is 13.5. The van der Waals surface area contributed by atoms with Gasteiger partial charge < -0.3 is 16.4 Å². The van der Waals surface area contributed by atoms with Gasteiger partial charge in [0.2, 0.25) is 11.8 Å². The summed E-state index contributed by atoms with van der Waals surface area (Å²) in [4.78, 5) is 23.5. The number of amides is 2. The number of rotatable bonds is 6. The Labute approximate surface area is 109 Å². The van der Waals surface area contributed by atoms with Crippen molar-refractivity contribution in [1.82, 2.24) is 10.6 Å². The average Bonchev–Trinajstić information content (AvgIpc) is 2.81. The minimum Gasteiger partial charge on any atom is -0.353 e. The molecule has 1 aliphatic rings. The summed E-state index contributed by atoms with van der Waals surface area (Å²) in [6.45, 7) is 4.15. The normalized spacial score (nSPS) is 19.3. The lowest BCUT2D eigenvalue weighted by Crippen LogP contribution is -2.43. The predicted octanol–water partition coefficient (Wildman–Crippen LogP) is 0.535. The SMILES string of the molecule is CC(CC(=O)N[C@@H](C)CN)NC(=O)C1CCCC1. The lowest BCUT2D eigenvalue weighted by molar-refractivity contribution is -0.126. The van der Waals surface area contributed by atoms with Crippen molar-refractivity contribution in [2.24, 2.45) is 11.7 Å². The summed E-state index contributed by atoms with van der Waals surface area (Å²) in [5.74, 6) is 0.185. The Balaban J connectivity index is 2.25. The van der Waals surface area contributed by atoms with Gasteiger partial charge in [0.05, 0.1) is 0 Å². The molecule has 1 fully saturated rings. The molecule has 0 saturated heterocycles. The monoisotopic (exact) mass is 255 g/mol. The van der Waals surface area contributed by atoms with E-state index in [1.54, 1.807) is 0 Å². The molecular weight excluding hydrogens is 230 g/mol. The van der Waals surface area contributed by atoms with Crippen LogP contribution in [0.15, 0.2) is 0 Å². The van der Waals surface area contributed by atoms with E-state index in [1.807, 2.05) is 13.8 Å². The van der Waals surface area contributed by atoms with Crippen molar-refractivity contribution in [2.45, 2.75) is 58.0 Å². The molecule has 2 atom stereocenters. The first kappa shape index (κ1) is 15.0. The third kappa shape index (κ3) is 5.04. The molecule has 1 unspecified atom stereocenters. The Morgan fingerprint density at radius 3 is 2.33 bits per heavy atom. The Morgan fingerprint density at radius 1 is 1.17 bits per heavy atom. The van der Waals surface area contributed by atoms with Gasteiger partial charge in [0.15, 0.2) is 0 Å². The number of nitrogens with two attached hydrogens (primary N) is 1. The first-order chi connectivity index (χ1) is 8.52. The van der Waals surface area contributed by atoms with Crippen molar-refractivity contribution >= 4 is 11.8 Å². The molecule has 0 bridgehead atoms. The van der Waals surface area contributed by atoms with E-state index in [0.29, 0.717) is 13.0 Å². The summed E-state index contributed by atoms with van der Waals surface area (Å²) in [6.07, 6.45) is 4.55. The van der Waals surface area contributed by atoms with Crippen LogP contribution in [-0.2, 0) is 9.59 Å². The highest BCUT2D eigenvalue weighted by Gasteiger charge is 2.24. The molecule has 1 saturated carbocycles. The highest BCUT2D eigenvalue weighted by atomic mass is 16.2. The molecule has 0 aromatic carbocycles. The highest BCUT2D eigenvalue weighted by molar-refractivity contribution is 5.81. The Kier molecular flexibility index (Phi) is 6.12. The Morgan fingerprint density at radius 2 is 1.78 bits per heavy atom. The first-order valence-electron chi connectivity index (χ1n) is 6.82. The summed E-state index contributed by atoms with van der Waals surface area (Å²) >= 11 is 0. The molecule has 2 amide bonds. The van der Waals surface area contributed by atoms with E-state index in [4.69, 9.17) is 5.73 Å². The topological polar surface area (TPSA) is 84.2 Å². The molecule has 1 aliphatic carbocycles. The van der Waals surface area contributed by atoms with Gasteiger partial charge in [-0.05, 0) is 26.7 Å². The highest BCUT2D eigenvalue weighted by Crippen LogP contribution is 2.24. The molecule has 0 spiro atoms. The van der Waals surface area contributed by atoms with Gasteiger partial charge in [-0.15, -0.1) is 0 Å². The van der Waals surface area contributed by atoms with Crippen molar-refractivity contribution in [3.8, 4) is 0 Å². The minimum atomic E-state index is -0.122.